The van der Waals surface area contributed by atoms with Crippen molar-refractivity contribution in [3.05, 3.63) is 194 Å². The molecule has 1 unspecified atom stereocenters. The van der Waals surface area contributed by atoms with Gasteiger partial charge in [-0.3, -0.25) is 0 Å². The minimum absolute atomic E-state index is 0.752. The summed E-state index contributed by atoms with van der Waals surface area (Å²) in [5, 5.41) is 4.84. The van der Waals surface area contributed by atoms with Crippen LogP contribution in [0.25, 0.3) is 32.7 Å². The van der Waals surface area contributed by atoms with Gasteiger partial charge in [0, 0.05) is 39.2 Å². The quantitative estimate of drug-likeness (QED) is 0.102. The summed E-state index contributed by atoms with van der Waals surface area (Å²) in [7, 11) is -4.59. The van der Waals surface area contributed by atoms with Gasteiger partial charge < -0.3 is 18.4 Å². The topological polar surface area (TPSA) is 32.8 Å². The first-order valence-electron chi connectivity index (χ1n) is 20.2. The molecule has 8 aromatic rings. The number of aryl methyl sites for hydroxylation is 1. The fourth-order valence-electron chi connectivity index (χ4n) is 8.17. The van der Waals surface area contributed by atoms with Gasteiger partial charge >= 0.3 is 0 Å². The highest BCUT2D eigenvalue weighted by Gasteiger charge is 2.34. The zero-order chi connectivity index (χ0) is 40.1. The van der Waals surface area contributed by atoms with E-state index >= 15 is 0 Å². The van der Waals surface area contributed by atoms with Crippen molar-refractivity contribution in [2.24, 2.45) is 0 Å². The lowest BCUT2D eigenvalue weighted by atomic mass is 10.0. The third kappa shape index (κ3) is 8.73. The highest BCUT2D eigenvalue weighted by atomic mass is 28.4. The summed E-state index contributed by atoms with van der Waals surface area (Å²) in [6, 6.07) is 68.7. The van der Waals surface area contributed by atoms with Crippen molar-refractivity contribution in [3.63, 3.8) is 0 Å². The average molecular weight is 807 g/mol. The van der Waals surface area contributed by atoms with Gasteiger partial charge in [0.15, 0.2) is 16.6 Å². The maximum absolute atomic E-state index is 11.8. The van der Waals surface area contributed by atoms with Gasteiger partial charge in [-0.15, -0.1) is 0 Å². The van der Waals surface area contributed by atoms with E-state index in [4.69, 9.17) is 4.12 Å². The molecule has 0 aliphatic heterocycles. The molecule has 0 aliphatic rings. The summed E-state index contributed by atoms with van der Waals surface area (Å²) in [5.41, 5.74) is 11.1. The van der Waals surface area contributed by atoms with E-state index in [0.717, 1.165) is 63.4 Å². The standard InChI is InChI=1S/C51H50N2O2Si3/c1-57(2,3)55-58(4,38-56-54)37-36-39-24-30-45(31-25-39)53(51-23-13-17-43-15-9-11-21-49(43)51)47-34-28-41(29-35-47)40-26-32-46(33-27-40)52(44-18-6-5-7-19-44)50-22-12-16-42-14-8-10-20-48(42)50/h5-35,56H,36-38H2,1-4H3. The Bertz CT molecular complexity index is 2630. The molecule has 0 bridgehead atoms. The van der Waals surface area contributed by atoms with Gasteiger partial charge in [-0.05, 0) is 127 Å². The van der Waals surface area contributed by atoms with Gasteiger partial charge in [-0.2, -0.15) is 0 Å². The molecule has 0 heterocycles. The van der Waals surface area contributed by atoms with Crippen molar-refractivity contribution in [3.8, 4) is 11.1 Å². The second-order valence-corrected chi connectivity index (χ2v) is 26.7. The molecule has 58 heavy (non-hydrogen) atoms. The van der Waals surface area contributed by atoms with E-state index in [1.807, 2.05) is 0 Å². The third-order valence-corrected chi connectivity index (χ3v) is 20.7. The highest BCUT2D eigenvalue weighted by molar-refractivity contribution is 6.87. The number of anilines is 6. The Balaban J connectivity index is 1.10. The van der Waals surface area contributed by atoms with Crippen LogP contribution in [-0.4, -0.2) is 26.0 Å². The van der Waals surface area contributed by atoms with Gasteiger partial charge in [0.25, 0.3) is 9.41 Å². The molecular weight excluding hydrogens is 757 g/mol. The minimum atomic E-state index is -2.05. The van der Waals surface area contributed by atoms with Crippen LogP contribution in [0, 0.1) is 0 Å². The van der Waals surface area contributed by atoms with Crippen molar-refractivity contribution < 1.29 is 8.58 Å². The summed E-state index contributed by atoms with van der Waals surface area (Å²) >= 11 is 0. The molecule has 288 valence electrons. The van der Waals surface area contributed by atoms with Crippen molar-refractivity contribution >= 4 is 81.7 Å². The number of para-hydroxylation sites is 1. The summed E-state index contributed by atoms with van der Waals surface area (Å²) in [6.45, 7) is 9.00. The van der Waals surface area contributed by atoms with Crippen molar-refractivity contribution in [2.45, 2.75) is 44.3 Å². The van der Waals surface area contributed by atoms with Crippen LogP contribution >= 0.6 is 0 Å². The SMILES string of the molecule is C[Si](C)(C)O[Si](C)(CCc1ccc(N(c2ccc(-c3ccc(N(c4ccccc4)c4cccc5ccccc45)cc3)cc2)c2cccc3ccccc23)cc1)C[SiH]=O. The zero-order valence-corrected chi connectivity index (χ0v) is 37.0. The molecule has 0 N–H and O–H groups in total. The molecule has 0 aliphatic carbocycles. The Morgan fingerprint density at radius 2 is 0.879 bits per heavy atom. The Morgan fingerprint density at radius 3 is 1.34 bits per heavy atom. The molecule has 1 atom stereocenters. The summed E-state index contributed by atoms with van der Waals surface area (Å²) in [4.78, 5) is 4.72. The second-order valence-electron chi connectivity index (χ2n) is 16.3. The van der Waals surface area contributed by atoms with E-state index < -0.39 is 26.0 Å². The first-order chi connectivity index (χ1) is 28.2. The minimum Gasteiger partial charge on any atom is -0.455 e. The molecule has 8 aromatic carbocycles. The molecule has 8 rings (SSSR count). The number of hydrogen-bond acceptors (Lipinski definition) is 4. The maximum atomic E-state index is 11.8. The molecule has 4 nitrogen and oxygen atoms in total. The van der Waals surface area contributed by atoms with Crippen LogP contribution in [0.2, 0.25) is 37.9 Å². The van der Waals surface area contributed by atoms with Gasteiger partial charge in [0.2, 0.25) is 0 Å². The van der Waals surface area contributed by atoms with Crippen LogP contribution in [0.15, 0.2) is 188 Å². The van der Waals surface area contributed by atoms with Crippen molar-refractivity contribution in [1.82, 2.24) is 0 Å². The molecule has 0 aromatic heterocycles. The van der Waals surface area contributed by atoms with Gasteiger partial charge in [-0.25, -0.2) is 0 Å². The summed E-state index contributed by atoms with van der Waals surface area (Å²) in [5.74, 6) is 0. The van der Waals surface area contributed by atoms with Crippen LogP contribution in [0.1, 0.15) is 5.56 Å². The monoisotopic (exact) mass is 806 g/mol. The van der Waals surface area contributed by atoms with Crippen LogP contribution < -0.4 is 9.80 Å². The summed E-state index contributed by atoms with van der Waals surface area (Å²) in [6.07, 6.45) is 0.930. The van der Waals surface area contributed by atoms with E-state index in [0.29, 0.717) is 0 Å². The predicted octanol–water partition coefficient (Wildman–Crippen LogP) is 14.3. The van der Waals surface area contributed by atoms with Gasteiger partial charge in [-0.1, -0.05) is 127 Å². The zero-order valence-electron chi connectivity index (χ0n) is 33.8. The normalized spacial score (nSPS) is 12.6. The largest absolute Gasteiger partial charge is 0.455 e. The Hall–Kier alpha value is -5.71. The second kappa shape index (κ2) is 17.0. The lowest BCUT2D eigenvalue weighted by Gasteiger charge is -2.33. The first kappa shape index (κ1) is 39.1. The lowest BCUT2D eigenvalue weighted by molar-refractivity contribution is 0.538. The number of hydrogen-bond donors (Lipinski definition) is 0. The molecule has 0 amide bonds. The van der Waals surface area contributed by atoms with Gasteiger partial charge in [0.1, 0.15) is 0 Å². The Labute approximate surface area is 347 Å². The lowest BCUT2D eigenvalue weighted by Crippen LogP contribution is -2.45. The first-order valence-corrected chi connectivity index (χ1v) is 27.7. The number of rotatable bonds is 14. The van der Waals surface area contributed by atoms with Crippen LogP contribution in [0.4, 0.5) is 34.1 Å². The predicted molar refractivity (Wildman–Crippen MR) is 253 cm³/mol. The molecule has 0 radical (unpaired) electrons. The smallest absolute Gasteiger partial charge is 0.260 e. The van der Waals surface area contributed by atoms with Crippen molar-refractivity contribution in [1.29, 1.82) is 0 Å². The third-order valence-electron chi connectivity index (χ3n) is 10.8. The van der Waals surface area contributed by atoms with Crippen molar-refractivity contribution in [2.75, 3.05) is 9.80 Å². The fourth-order valence-corrected chi connectivity index (χ4v) is 18.6. The summed E-state index contributed by atoms with van der Waals surface area (Å²) < 4.78 is 18.5. The number of nitrogens with zero attached hydrogens (tertiary/aromatic N) is 2. The highest BCUT2D eigenvalue weighted by Crippen LogP contribution is 2.42. The Morgan fingerprint density at radius 1 is 0.466 bits per heavy atom. The number of benzene rings is 8. The Kier molecular flexibility index (Phi) is 11.5. The van der Waals surface area contributed by atoms with Crippen LogP contribution in [0.3, 0.4) is 0 Å². The molecule has 0 saturated heterocycles. The van der Waals surface area contributed by atoms with Crippen LogP contribution in [-0.2, 0) is 15.0 Å². The van der Waals surface area contributed by atoms with E-state index in [2.05, 4.69) is 224 Å². The maximum Gasteiger partial charge on any atom is 0.260 e. The molecule has 0 fully saturated rings. The average Bonchev–Trinajstić information content (AvgIpc) is 3.24. The van der Waals surface area contributed by atoms with E-state index in [9.17, 15) is 4.46 Å². The molecular formula is C51H50N2O2Si3. The molecule has 0 spiro atoms. The van der Waals surface area contributed by atoms with E-state index in [1.54, 1.807) is 0 Å². The van der Waals surface area contributed by atoms with E-state index in [1.165, 1.54) is 27.1 Å². The van der Waals surface area contributed by atoms with Gasteiger partial charge in [0.05, 0.1) is 11.4 Å². The number of fused-ring (bicyclic) bond motifs is 2. The van der Waals surface area contributed by atoms with E-state index in [-0.39, 0.29) is 0 Å². The fraction of sp³-hybridized carbons (Fsp3) is 0.137. The molecule has 0 saturated carbocycles. The van der Waals surface area contributed by atoms with Crippen LogP contribution in [0.5, 0.6) is 0 Å². The molecule has 7 heteroatoms.